The SMILES string of the molecule is [C-]#[N+]c1nc2sc(C(=O)OC)c(O)c2cc1Cl. The molecule has 86 valence electrons. The topological polar surface area (TPSA) is 63.8 Å². The van der Waals surface area contributed by atoms with Crippen molar-refractivity contribution in [1.82, 2.24) is 4.98 Å². The Morgan fingerprint density at radius 1 is 1.71 bits per heavy atom. The third-order valence-corrected chi connectivity index (χ3v) is 3.41. The summed E-state index contributed by atoms with van der Waals surface area (Å²) in [5.74, 6) is -0.828. The van der Waals surface area contributed by atoms with Gasteiger partial charge in [-0.05, 0) is 6.07 Å². The Morgan fingerprint density at radius 3 is 3.00 bits per heavy atom. The van der Waals surface area contributed by atoms with E-state index < -0.39 is 5.97 Å². The van der Waals surface area contributed by atoms with E-state index in [2.05, 4.69) is 14.6 Å². The van der Waals surface area contributed by atoms with Crippen LogP contribution in [-0.2, 0) is 4.74 Å². The molecule has 1 N–H and O–H groups in total. The molecule has 0 aromatic carbocycles. The fourth-order valence-corrected chi connectivity index (χ4v) is 2.44. The number of rotatable bonds is 1. The van der Waals surface area contributed by atoms with Crippen LogP contribution in [0, 0.1) is 6.57 Å². The van der Waals surface area contributed by atoms with Gasteiger partial charge in [0.15, 0.2) is 10.6 Å². The molecule has 7 heteroatoms. The Balaban J connectivity index is 2.75. The molecule has 2 heterocycles. The highest BCUT2D eigenvalue weighted by atomic mass is 35.5. The van der Waals surface area contributed by atoms with Gasteiger partial charge in [0.1, 0.15) is 0 Å². The van der Waals surface area contributed by atoms with Crippen molar-refractivity contribution in [2.75, 3.05) is 7.11 Å². The standard InChI is InChI=1S/C10H5ClN2O3S/c1-12-8-5(11)3-4-6(14)7(10(15)16-2)17-9(4)13-8/h3,14H,2H3. The molecule has 0 spiro atoms. The fraction of sp³-hybridized carbons (Fsp3) is 0.100. The second-order valence-corrected chi connectivity index (χ2v) is 4.44. The van der Waals surface area contributed by atoms with Crippen LogP contribution < -0.4 is 0 Å². The molecule has 2 aromatic heterocycles. The molecule has 0 radical (unpaired) electrons. The molecule has 0 aliphatic heterocycles. The zero-order chi connectivity index (χ0) is 12.6. The van der Waals surface area contributed by atoms with Crippen molar-refractivity contribution in [3.05, 3.63) is 27.4 Å². The average molecular weight is 269 g/mol. The number of thiophene rings is 1. The lowest BCUT2D eigenvalue weighted by Gasteiger charge is -1.95. The first kappa shape index (κ1) is 11.6. The summed E-state index contributed by atoms with van der Waals surface area (Å²) in [6.45, 7) is 6.87. The van der Waals surface area contributed by atoms with Crippen molar-refractivity contribution in [3.63, 3.8) is 0 Å². The number of hydrogen-bond donors (Lipinski definition) is 1. The highest BCUT2D eigenvalue weighted by molar-refractivity contribution is 7.20. The van der Waals surface area contributed by atoms with Crippen LogP contribution in [0.15, 0.2) is 6.07 Å². The number of pyridine rings is 1. The molecular weight excluding hydrogens is 264 g/mol. The van der Waals surface area contributed by atoms with E-state index in [9.17, 15) is 9.90 Å². The number of carbonyl (C=O) groups excluding carboxylic acids is 1. The van der Waals surface area contributed by atoms with Crippen LogP contribution in [0.3, 0.4) is 0 Å². The highest BCUT2D eigenvalue weighted by Crippen LogP contribution is 2.39. The Hall–Kier alpha value is -1.84. The van der Waals surface area contributed by atoms with Gasteiger partial charge in [-0.25, -0.2) is 4.79 Å². The zero-order valence-electron chi connectivity index (χ0n) is 8.52. The summed E-state index contributed by atoms with van der Waals surface area (Å²) in [5.41, 5.74) is 0. The lowest BCUT2D eigenvalue weighted by Crippen LogP contribution is -1.97. The maximum absolute atomic E-state index is 11.4. The molecule has 0 saturated carbocycles. The van der Waals surface area contributed by atoms with E-state index in [4.69, 9.17) is 18.2 Å². The number of hydrogen-bond acceptors (Lipinski definition) is 5. The van der Waals surface area contributed by atoms with Crippen molar-refractivity contribution >= 4 is 44.9 Å². The molecular formula is C10H5ClN2O3S. The Morgan fingerprint density at radius 2 is 2.41 bits per heavy atom. The predicted octanol–water partition coefficient (Wildman–Crippen LogP) is 2.99. The van der Waals surface area contributed by atoms with Crippen molar-refractivity contribution < 1.29 is 14.6 Å². The lowest BCUT2D eigenvalue weighted by molar-refractivity contribution is 0.0603. The predicted molar refractivity (Wildman–Crippen MR) is 63.9 cm³/mol. The highest BCUT2D eigenvalue weighted by Gasteiger charge is 2.22. The molecule has 0 bridgehead atoms. The van der Waals surface area contributed by atoms with Crippen molar-refractivity contribution in [1.29, 1.82) is 0 Å². The van der Waals surface area contributed by atoms with Crippen LogP contribution in [0.2, 0.25) is 5.02 Å². The maximum atomic E-state index is 11.4. The van der Waals surface area contributed by atoms with Crippen LogP contribution in [-0.4, -0.2) is 23.2 Å². The first-order valence-electron chi connectivity index (χ1n) is 4.36. The minimum absolute atomic E-state index is 0.0387. The average Bonchev–Trinajstić information content (AvgIpc) is 2.65. The van der Waals surface area contributed by atoms with Gasteiger partial charge >= 0.3 is 5.97 Å². The molecule has 0 aliphatic rings. The molecule has 0 saturated heterocycles. The van der Waals surface area contributed by atoms with Crippen LogP contribution >= 0.6 is 22.9 Å². The summed E-state index contributed by atoms with van der Waals surface area (Å²) in [4.78, 5) is 18.9. The minimum Gasteiger partial charge on any atom is -0.505 e. The Labute approximate surface area is 105 Å². The van der Waals surface area contributed by atoms with Crippen LogP contribution in [0.1, 0.15) is 9.67 Å². The second kappa shape index (κ2) is 4.20. The Kier molecular flexibility index (Phi) is 2.88. The molecule has 5 nitrogen and oxygen atoms in total. The smallest absolute Gasteiger partial charge is 0.352 e. The van der Waals surface area contributed by atoms with E-state index in [-0.39, 0.29) is 21.5 Å². The number of ether oxygens (including phenoxy) is 1. The molecule has 2 rings (SSSR count). The number of aromatic hydroxyl groups is 1. The van der Waals surface area contributed by atoms with E-state index in [1.807, 2.05) is 0 Å². The summed E-state index contributed by atoms with van der Waals surface area (Å²) in [7, 11) is 1.22. The molecule has 0 atom stereocenters. The largest absolute Gasteiger partial charge is 0.505 e. The van der Waals surface area contributed by atoms with E-state index >= 15 is 0 Å². The van der Waals surface area contributed by atoms with Gasteiger partial charge in [-0.2, -0.15) is 0 Å². The van der Waals surface area contributed by atoms with E-state index in [0.29, 0.717) is 10.2 Å². The van der Waals surface area contributed by atoms with Gasteiger partial charge in [0.25, 0.3) is 5.82 Å². The summed E-state index contributed by atoms with van der Waals surface area (Å²) in [6, 6.07) is 1.41. The Bertz CT molecular complexity index is 660. The molecule has 0 unspecified atom stereocenters. The number of halogens is 1. The van der Waals surface area contributed by atoms with Crippen molar-refractivity contribution in [2.24, 2.45) is 0 Å². The third kappa shape index (κ3) is 1.79. The third-order valence-electron chi connectivity index (χ3n) is 2.07. The monoisotopic (exact) mass is 268 g/mol. The number of methoxy groups -OCH3 is 1. The second-order valence-electron chi connectivity index (χ2n) is 3.03. The first-order valence-corrected chi connectivity index (χ1v) is 5.55. The van der Waals surface area contributed by atoms with Gasteiger partial charge in [0.05, 0.1) is 17.5 Å². The van der Waals surface area contributed by atoms with Crippen LogP contribution in [0.4, 0.5) is 5.82 Å². The fourth-order valence-electron chi connectivity index (χ4n) is 1.29. The molecule has 2 aromatic rings. The summed E-state index contributed by atoms with van der Waals surface area (Å²) >= 11 is 6.76. The summed E-state index contributed by atoms with van der Waals surface area (Å²) in [5, 5.41) is 10.3. The van der Waals surface area contributed by atoms with Gasteiger partial charge in [0, 0.05) is 0 Å². The van der Waals surface area contributed by atoms with Crippen LogP contribution in [0.5, 0.6) is 5.75 Å². The van der Waals surface area contributed by atoms with Gasteiger partial charge in [-0.3, -0.25) is 0 Å². The van der Waals surface area contributed by atoms with Crippen molar-refractivity contribution in [3.8, 4) is 5.75 Å². The quantitative estimate of drug-likeness (QED) is 0.638. The number of carbonyl (C=O) groups is 1. The van der Waals surface area contributed by atoms with Gasteiger partial charge in [-0.1, -0.05) is 29.5 Å². The first-order chi connectivity index (χ1) is 8.08. The van der Waals surface area contributed by atoms with Gasteiger partial charge in [0.2, 0.25) is 4.83 Å². The number of esters is 1. The maximum Gasteiger partial charge on any atom is 0.352 e. The number of nitrogens with zero attached hydrogens (tertiary/aromatic N) is 2. The van der Waals surface area contributed by atoms with Crippen LogP contribution in [0.25, 0.3) is 15.1 Å². The molecule has 0 amide bonds. The zero-order valence-corrected chi connectivity index (χ0v) is 10.1. The van der Waals surface area contributed by atoms with Gasteiger partial charge < -0.3 is 14.7 Å². The lowest BCUT2D eigenvalue weighted by atomic mass is 10.3. The van der Waals surface area contributed by atoms with E-state index in [1.165, 1.54) is 13.2 Å². The molecule has 0 fully saturated rings. The number of aromatic nitrogens is 1. The normalized spacial score (nSPS) is 10.2. The van der Waals surface area contributed by atoms with E-state index in [0.717, 1.165) is 11.3 Å². The number of fused-ring (bicyclic) bond motifs is 1. The summed E-state index contributed by atoms with van der Waals surface area (Å²) < 4.78 is 4.52. The molecule has 0 aliphatic carbocycles. The van der Waals surface area contributed by atoms with Crippen molar-refractivity contribution in [2.45, 2.75) is 0 Å². The summed E-state index contributed by atoms with van der Waals surface area (Å²) in [6.07, 6.45) is 0. The van der Waals surface area contributed by atoms with E-state index in [1.54, 1.807) is 0 Å². The van der Waals surface area contributed by atoms with Gasteiger partial charge in [-0.15, -0.1) is 4.98 Å². The minimum atomic E-state index is -0.647. The molecule has 17 heavy (non-hydrogen) atoms.